The van der Waals surface area contributed by atoms with Crippen LogP contribution in [0.25, 0.3) is 5.69 Å². The summed E-state index contributed by atoms with van der Waals surface area (Å²) < 4.78 is 49.7. The van der Waals surface area contributed by atoms with E-state index in [1.807, 2.05) is 6.07 Å². The fraction of sp³-hybridized carbons (Fsp3) is 0.273. The SMILES string of the molecule is Cc1c(NC(=O)c2cc(S(=O)(=O)N3CCOCC3)ccc2F)c(=O)n(-c2ccccc2)n1C. The van der Waals surface area contributed by atoms with Crippen LogP contribution in [0.3, 0.4) is 0 Å². The van der Waals surface area contributed by atoms with E-state index in [0.29, 0.717) is 11.4 Å². The van der Waals surface area contributed by atoms with Crippen molar-refractivity contribution >= 4 is 21.6 Å². The van der Waals surface area contributed by atoms with Gasteiger partial charge in [-0.2, -0.15) is 4.31 Å². The molecule has 0 atom stereocenters. The Kier molecular flexibility index (Phi) is 6.19. The number of morpholine rings is 1. The van der Waals surface area contributed by atoms with Crippen LogP contribution in [0.4, 0.5) is 10.1 Å². The maximum Gasteiger partial charge on any atom is 0.295 e. The molecule has 0 spiro atoms. The summed E-state index contributed by atoms with van der Waals surface area (Å²) >= 11 is 0. The minimum atomic E-state index is -3.93. The predicted octanol–water partition coefficient (Wildman–Crippen LogP) is 1.90. The third-order valence-electron chi connectivity index (χ3n) is 5.58. The number of halogens is 1. The van der Waals surface area contributed by atoms with Crippen LogP contribution in [-0.2, 0) is 21.8 Å². The van der Waals surface area contributed by atoms with E-state index < -0.39 is 32.9 Å². The van der Waals surface area contributed by atoms with E-state index in [0.717, 1.165) is 18.2 Å². The molecule has 9 nitrogen and oxygen atoms in total. The molecule has 3 aromatic rings. The number of nitrogens with zero attached hydrogens (tertiary/aromatic N) is 3. The first kappa shape index (κ1) is 22.9. The quantitative estimate of drug-likeness (QED) is 0.609. The topological polar surface area (TPSA) is 103 Å². The zero-order valence-corrected chi connectivity index (χ0v) is 18.9. The minimum absolute atomic E-state index is 0.0211. The first-order valence-electron chi connectivity index (χ1n) is 10.2. The highest BCUT2D eigenvalue weighted by Crippen LogP contribution is 2.22. The summed E-state index contributed by atoms with van der Waals surface area (Å²) in [4.78, 5) is 25.7. The Labute approximate surface area is 190 Å². The smallest absolute Gasteiger partial charge is 0.295 e. The van der Waals surface area contributed by atoms with Crippen LogP contribution < -0.4 is 10.9 Å². The molecule has 0 bridgehead atoms. The number of sulfonamides is 1. The van der Waals surface area contributed by atoms with Gasteiger partial charge in [-0.05, 0) is 37.3 Å². The molecule has 1 fully saturated rings. The molecule has 4 rings (SSSR count). The maximum atomic E-state index is 14.5. The molecule has 1 aliphatic heterocycles. The summed E-state index contributed by atoms with van der Waals surface area (Å²) in [5.41, 5.74) is 0.0607. The summed E-state index contributed by atoms with van der Waals surface area (Å²) in [5, 5.41) is 2.46. The van der Waals surface area contributed by atoms with E-state index in [4.69, 9.17) is 4.74 Å². The van der Waals surface area contributed by atoms with E-state index in [2.05, 4.69) is 5.32 Å². The molecule has 2 aromatic carbocycles. The second kappa shape index (κ2) is 8.93. The van der Waals surface area contributed by atoms with Crippen LogP contribution in [0.1, 0.15) is 16.1 Å². The molecule has 1 N–H and O–H groups in total. The molecule has 1 aliphatic rings. The van der Waals surface area contributed by atoms with Gasteiger partial charge in [0, 0.05) is 20.1 Å². The van der Waals surface area contributed by atoms with Crippen LogP contribution >= 0.6 is 0 Å². The van der Waals surface area contributed by atoms with Crippen LogP contribution in [0.15, 0.2) is 58.2 Å². The minimum Gasteiger partial charge on any atom is -0.379 e. The molecule has 33 heavy (non-hydrogen) atoms. The number of hydrogen-bond donors (Lipinski definition) is 1. The van der Waals surface area contributed by atoms with Crippen molar-refractivity contribution in [3.8, 4) is 5.69 Å². The van der Waals surface area contributed by atoms with Gasteiger partial charge in [0.1, 0.15) is 11.5 Å². The Morgan fingerprint density at radius 2 is 1.76 bits per heavy atom. The Morgan fingerprint density at radius 1 is 1.09 bits per heavy atom. The summed E-state index contributed by atoms with van der Waals surface area (Å²) in [7, 11) is -2.26. The van der Waals surface area contributed by atoms with Gasteiger partial charge in [-0.15, -0.1) is 0 Å². The highest BCUT2D eigenvalue weighted by Gasteiger charge is 2.28. The molecule has 174 valence electrons. The van der Waals surface area contributed by atoms with E-state index >= 15 is 0 Å². The second-order valence-corrected chi connectivity index (χ2v) is 9.49. The second-order valence-electron chi connectivity index (χ2n) is 7.55. The first-order chi connectivity index (χ1) is 15.7. The van der Waals surface area contributed by atoms with Crippen LogP contribution in [0.5, 0.6) is 0 Å². The molecule has 0 radical (unpaired) electrons. The summed E-state index contributed by atoms with van der Waals surface area (Å²) in [5.74, 6) is -1.82. The molecule has 0 unspecified atom stereocenters. The Hall–Kier alpha value is -3.28. The normalized spacial score (nSPS) is 14.9. The summed E-state index contributed by atoms with van der Waals surface area (Å²) in [6.45, 7) is 2.50. The number of aromatic nitrogens is 2. The number of carbonyl (C=O) groups excluding carboxylic acids is 1. The molecule has 2 heterocycles. The number of benzene rings is 2. The molecule has 11 heteroatoms. The zero-order chi connectivity index (χ0) is 23.8. The maximum absolute atomic E-state index is 14.5. The molecule has 1 saturated heterocycles. The van der Waals surface area contributed by atoms with Gasteiger partial charge in [0.05, 0.1) is 35.1 Å². The third kappa shape index (κ3) is 4.22. The number of rotatable bonds is 5. The predicted molar refractivity (Wildman–Crippen MR) is 120 cm³/mol. The molecule has 0 saturated carbocycles. The van der Waals surface area contributed by atoms with E-state index in [1.165, 1.54) is 8.99 Å². The van der Waals surface area contributed by atoms with Gasteiger partial charge in [0.2, 0.25) is 10.0 Å². The van der Waals surface area contributed by atoms with Crippen molar-refractivity contribution in [3.63, 3.8) is 0 Å². The average molecular weight is 475 g/mol. The van der Waals surface area contributed by atoms with E-state index in [9.17, 15) is 22.4 Å². The largest absolute Gasteiger partial charge is 0.379 e. The lowest BCUT2D eigenvalue weighted by Crippen LogP contribution is -2.40. The van der Waals surface area contributed by atoms with E-state index in [-0.39, 0.29) is 36.9 Å². The van der Waals surface area contributed by atoms with Gasteiger partial charge in [0.15, 0.2) is 0 Å². The third-order valence-corrected chi connectivity index (χ3v) is 7.48. The van der Waals surface area contributed by atoms with E-state index in [1.54, 1.807) is 42.9 Å². The van der Waals surface area contributed by atoms with Gasteiger partial charge >= 0.3 is 0 Å². The van der Waals surface area contributed by atoms with Gasteiger partial charge in [0.25, 0.3) is 11.5 Å². The van der Waals surface area contributed by atoms with Crippen molar-refractivity contribution < 1.29 is 22.3 Å². The zero-order valence-electron chi connectivity index (χ0n) is 18.1. The Balaban J connectivity index is 1.68. The molecule has 0 aliphatic carbocycles. The molecule has 1 amide bonds. The van der Waals surface area contributed by atoms with Crippen molar-refractivity contribution in [1.82, 2.24) is 13.7 Å². The number of hydrogen-bond acceptors (Lipinski definition) is 5. The standard InChI is InChI=1S/C22H23FN4O5S/c1-15-20(22(29)27(25(15)2)16-6-4-3-5-7-16)24-21(28)18-14-17(8-9-19(18)23)33(30,31)26-10-12-32-13-11-26/h3-9,14H,10-13H2,1-2H3,(H,24,28). The highest BCUT2D eigenvalue weighted by molar-refractivity contribution is 7.89. The number of carbonyl (C=O) groups is 1. The van der Waals surface area contributed by atoms with Crippen LogP contribution in [-0.4, -0.2) is 54.3 Å². The average Bonchev–Trinajstić information content (AvgIpc) is 3.03. The number of anilines is 1. The van der Waals surface area contributed by atoms with Gasteiger partial charge in [-0.1, -0.05) is 18.2 Å². The number of para-hydroxylation sites is 1. The lowest BCUT2D eigenvalue weighted by molar-refractivity contribution is 0.0730. The van der Waals surface area contributed by atoms with Crippen LogP contribution in [0, 0.1) is 12.7 Å². The highest BCUT2D eigenvalue weighted by atomic mass is 32.2. The lowest BCUT2D eigenvalue weighted by atomic mass is 10.2. The fourth-order valence-electron chi connectivity index (χ4n) is 3.67. The van der Waals surface area contributed by atoms with Crippen molar-refractivity contribution in [1.29, 1.82) is 0 Å². The first-order valence-corrected chi connectivity index (χ1v) is 11.7. The van der Waals surface area contributed by atoms with Crippen molar-refractivity contribution in [2.45, 2.75) is 11.8 Å². The number of ether oxygens (including phenoxy) is 1. The van der Waals surface area contributed by atoms with Crippen molar-refractivity contribution in [3.05, 3.63) is 76.0 Å². The van der Waals surface area contributed by atoms with Gasteiger partial charge < -0.3 is 10.1 Å². The summed E-state index contributed by atoms with van der Waals surface area (Å²) in [6, 6.07) is 11.9. The molecule has 1 aromatic heterocycles. The van der Waals surface area contributed by atoms with Crippen LogP contribution in [0.2, 0.25) is 0 Å². The molecular formula is C22H23FN4O5S. The summed E-state index contributed by atoms with van der Waals surface area (Å²) in [6.07, 6.45) is 0. The fourth-order valence-corrected chi connectivity index (χ4v) is 5.10. The lowest BCUT2D eigenvalue weighted by Gasteiger charge is -2.26. The monoisotopic (exact) mass is 474 g/mol. The van der Waals surface area contributed by atoms with Gasteiger partial charge in [-0.25, -0.2) is 17.5 Å². The van der Waals surface area contributed by atoms with Gasteiger partial charge in [-0.3, -0.25) is 14.3 Å². The molecular weight excluding hydrogens is 451 g/mol. The number of nitrogens with one attached hydrogen (secondary N) is 1. The Morgan fingerprint density at radius 3 is 2.42 bits per heavy atom. The van der Waals surface area contributed by atoms with Crippen molar-refractivity contribution in [2.75, 3.05) is 31.6 Å². The number of amides is 1. The van der Waals surface area contributed by atoms with Crippen molar-refractivity contribution in [2.24, 2.45) is 7.05 Å². The Bertz CT molecular complexity index is 1360.